The van der Waals surface area contributed by atoms with Crippen LogP contribution in [0, 0.1) is 13.8 Å². The first-order valence-electron chi connectivity index (χ1n) is 7.99. The maximum absolute atomic E-state index is 11.7. The van der Waals surface area contributed by atoms with Gasteiger partial charge in [0.15, 0.2) is 5.11 Å². The minimum Gasteiger partial charge on any atom is -0.450 e. The van der Waals surface area contributed by atoms with Gasteiger partial charge in [0.05, 0.1) is 23.6 Å². The van der Waals surface area contributed by atoms with Crippen molar-refractivity contribution in [3.8, 4) is 0 Å². The molecule has 0 bridgehead atoms. The summed E-state index contributed by atoms with van der Waals surface area (Å²) in [4.78, 5) is 11.7. The Balaban J connectivity index is 2.07. The van der Waals surface area contributed by atoms with Crippen LogP contribution in [0.25, 0.3) is 0 Å². The van der Waals surface area contributed by atoms with Gasteiger partial charge in [-0.25, -0.2) is 4.79 Å². The molecule has 138 valence electrons. The number of ether oxygens (including phenoxy) is 1. The average molecular weight is 392 g/mol. The SMILES string of the molecule is CCOC(=O)Nc1snc(C)c1/C(C)=N/NC(=S)Nc1ccccc1C. The zero-order chi connectivity index (χ0) is 19.1. The average Bonchev–Trinajstić information content (AvgIpc) is 2.95. The smallest absolute Gasteiger partial charge is 0.412 e. The molecule has 0 saturated carbocycles. The zero-order valence-electron chi connectivity index (χ0n) is 15.0. The molecule has 0 spiro atoms. The van der Waals surface area contributed by atoms with Crippen molar-refractivity contribution < 1.29 is 9.53 Å². The number of amides is 1. The summed E-state index contributed by atoms with van der Waals surface area (Å²) in [5, 5.41) is 11.0. The maximum Gasteiger partial charge on any atom is 0.412 e. The van der Waals surface area contributed by atoms with Gasteiger partial charge >= 0.3 is 6.09 Å². The number of anilines is 2. The fourth-order valence-corrected chi connectivity index (χ4v) is 3.19. The van der Waals surface area contributed by atoms with Gasteiger partial charge in [0.25, 0.3) is 0 Å². The van der Waals surface area contributed by atoms with Gasteiger partial charge in [-0.15, -0.1) is 0 Å². The van der Waals surface area contributed by atoms with Gasteiger partial charge in [0.1, 0.15) is 5.00 Å². The fourth-order valence-electron chi connectivity index (χ4n) is 2.19. The lowest BCUT2D eigenvalue weighted by Gasteiger charge is -2.10. The van der Waals surface area contributed by atoms with E-state index in [0.29, 0.717) is 22.4 Å². The molecule has 0 aliphatic heterocycles. The summed E-state index contributed by atoms with van der Waals surface area (Å²) in [5.41, 5.74) is 6.97. The molecule has 1 amide bonds. The fraction of sp³-hybridized carbons (Fsp3) is 0.294. The van der Waals surface area contributed by atoms with E-state index >= 15 is 0 Å². The summed E-state index contributed by atoms with van der Waals surface area (Å²) in [5.74, 6) is 0. The molecule has 0 fully saturated rings. The van der Waals surface area contributed by atoms with Gasteiger partial charge in [-0.2, -0.15) is 9.47 Å². The Labute approximate surface area is 162 Å². The third-order valence-electron chi connectivity index (χ3n) is 3.43. The molecule has 0 radical (unpaired) electrons. The van der Waals surface area contributed by atoms with Crippen LogP contribution in [-0.4, -0.2) is 27.9 Å². The third kappa shape index (κ3) is 5.24. The monoisotopic (exact) mass is 391 g/mol. The Hall–Kier alpha value is -2.52. The molecular formula is C17H21N5O2S2. The molecule has 7 nitrogen and oxygen atoms in total. The second-order valence-electron chi connectivity index (χ2n) is 5.40. The lowest BCUT2D eigenvalue weighted by Crippen LogP contribution is -2.25. The van der Waals surface area contributed by atoms with Gasteiger partial charge in [-0.3, -0.25) is 10.7 Å². The Morgan fingerprint density at radius 2 is 2.04 bits per heavy atom. The lowest BCUT2D eigenvalue weighted by atomic mass is 10.2. The number of aryl methyl sites for hydroxylation is 2. The number of nitrogens with one attached hydrogen (secondary N) is 3. The van der Waals surface area contributed by atoms with Crippen molar-refractivity contribution in [2.45, 2.75) is 27.7 Å². The minimum atomic E-state index is -0.519. The summed E-state index contributed by atoms with van der Waals surface area (Å²) in [6.07, 6.45) is -0.519. The molecule has 2 rings (SSSR count). The van der Waals surface area contributed by atoms with Gasteiger partial charge in [0.2, 0.25) is 0 Å². The van der Waals surface area contributed by atoms with E-state index in [1.807, 2.05) is 45.0 Å². The predicted octanol–water partition coefficient (Wildman–Crippen LogP) is 4.04. The van der Waals surface area contributed by atoms with Crippen LogP contribution in [0.15, 0.2) is 29.4 Å². The molecule has 0 aliphatic carbocycles. The van der Waals surface area contributed by atoms with Crippen LogP contribution in [0.2, 0.25) is 0 Å². The molecule has 26 heavy (non-hydrogen) atoms. The summed E-state index contributed by atoms with van der Waals surface area (Å²) >= 11 is 6.46. The van der Waals surface area contributed by atoms with Crippen LogP contribution in [0.5, 0.6) is 0 Å². The lowest BCUT2D eigenvalue weighted by molar-refractivity contribution is 0.168. The quantitative estimate of drug-likeness (QED) is 0.405. The van der Waals surface area contributed by atoms with E-state index in [9.17, 15) is 4.79 Å². The van der Waals surface area contributed by atoms with E-state index in [2.05, 4.69) is 25.5 Å². The number of rotatable bonds is 5. The highest BCUT2D eigenvalue weighted by molar-refractivity contribution is 7.80. The highest BCUT2D eigenvalue weighted by Gasteiger charge is 2.16. The van der Waals surface area contributed by atoms with Crippen LogP contribution in [0.4, 0.5) is 15.5 Å². The van der Waals surface area contributed by atoms with Crippen molar-refractivity contribution in [2.75, 3.05) is 17.2 Å². The van der Waals surface area contributed by atoms with Crippen LogP contribution in [0.1, 0.15) is 30.7 Å². The number of aromatic nitrogens is 1. The van der Waals surface area contributed by atoms with Crippen LogP contribution < -0.4 is 16.1 Å². The maximum atomic E-state index is 11.7. The molecular weight excluding hydrogens is 370 g/mol. The van der Waals surface area contributed by atoms with Crippen LogP contribution in [0.3, 0.4) is 0 Å². The van der Waals surface area contributed by atoms with E-state index in [1.54, 1.807) is 6.92 Å². The first kappa shape index (κ1) is 19.8. The van der Waals surface area contributed by atoms with E-state index in [0.717, 1.165) is 22.5 Å². The van der Waals surface area contributed by atoms with Crippen LogP contribution >= 0.6 is 23.8 Å². The number of para-hydroxylation sites is 1. The number of carbonyl (C=O) groups is 1. The molecule has 1 aromatic carbocycles. The second-order valence-corrected chi connectivity index (χ2v) is 6.58. The number of benzene rings is 1. The summed E-state index contributed by atoms with van der Waals surface area (Å²) in [7, 11) is 0. The molecule has 3 N–H and O–H groups in total. The molecule has 0 atom stereocenters. The van der Waals surface area contributed by atoms with Crippen molar-refractivity contribution in [3.63, 3.8) is 0 Å². The largest absolute Gasteiger partial charge is 0.450 e. The Morgan fingerprint density at radius 1 is 1.31 bits per heavy atom. The van der Waals surface area contributed by atoms with Gasteiger partial charge < -0.3 is 10.1 Å². The van der Waals surface area contributed by atoms with Crippen molar-refractivity contribution in [1.82, 2.24) is 9.80 Å². The van der Waals surface area contributed by atoms with Crippen molar-refractivity contribution in [1.29, 1.82) is 0 Å². The first-order chi connectivity index (χ1) is 12.4. The normalized spacial score (nSPS) is 11.0. The van der Waals surface area contributed by atoms with E-state index in [-0.39, 0.29) is 0 Å². The van der Waals surface area contributed by atoms with Crippen molar-refractivity contribution >= 4 is 51.4 Å². The summed E-state index contributed by atoms with van der Waals surface area (Å²) < 4.78 is 9.18. The molecule has 1 heterocycles. The molecule has 9 heteroatoms. The Morgan fingerprint density at radius 3 is 2.73 bits per heavy atom. The number of hydrogen-bond acceptors (Lipinski definition) is 6. The first-order valence-corrected chi connectivity index (χ1v) is 9.17. The third-order valence-corrected chi connectivity index (χ3v) is 4.48. The predicted molar refractivity (Wildman–Crippen MR) is 110 cm³/mol. The van der Waals surface area contributed by atoms with E-state index < -0.39 is 6.09 Å². The summed E-state index contributed by atoms with van der Waals surface area (Å²) in [6.45, 7) is 7.71. The number of carbonyl (C=O) groups excluding carboxylic acids is 1. The van der Waals surface area contributed by atoms with E-state index in [4.69, 9.17) is 17.0 Å². The zero-order valence-corrected chi connectivity index (χ0v) is 16.7. The van der Waals surface area contributed by atoms with Gasteiger partial charge in [0, 0.05) is 5.69 Å². The highest BCUT2D eigenvalue weighted by Crippen LogP contribution is 2.25. The number of hydrazone groups is 1. The topological polar surface area (TPSA) is 87.6 Å². The Kier molecular flexibility index (Phi) is 7.05. The molecule has 1 aromatic heterocycles. The molecule has 0 unspecified atom stereocenters. The van der Waals surface area contributed by atoms with Crippen molar-refractivity contribution in [2.24, 2.45) is 5.10 Å². The van der Waals surface area contributed by atoms with Gasteiger partial charge in [-0.05, 0) is 63.1 Å². The standard InChI is InChI=1S/C17H21N5O2S2/c1-5-24-17(23)19-15-14(12(4)22-26-15)11(3)20-21-16(25)18-13-9-7-6-8-10(13)2/h6-9H,5H2,1-4H3,(H,19,23)(H2,18,21,25)/b20-11+. The minimum absolute atomic E-state index is 0.298. The Bertz CT molecular complexity index is 832. The summed E-state index contributed by atoms with van der Waals surface area (Å²) in [6, 6.07) is 7.82. The molecule has 0 saturated heterocycles. The molecule has 0 aliphatic rings. The highest BCUT2D eigenvalue weighted by atomic mass is 32.1. The van der Waals surface area contributed by atoms with E-state index in [1.165, 1.54) is 11.5 Å². The van der Waals surface area contributed by atoms with Crippen LogP contribution in [-0.2, 0) is 4.74 Å². The number of hydrogen-bond donors (Lipinski definition) is 3. The number of thiocarbonyl (C=S) groups is 1. The van der Waals surface area contributed by atoms with Gasteiger partial charge in [-0.1, -0.05) is 18.2 Å². The van der Waals surface area contributed by atoms with Crippen molar-refractivity contribution in [3.05, 3.63) is 41.1 Å². The second kappa shape index (κ2) is 9.25. The molecule has 2 aromatic rings. The number of nitrogens with zero attached hydrogens (tertiary/aromatic N) is 2.